The molecular weight excluding hydrogens is 530 g/mol. The molecule has 0 aliphatic carbocycles. The van der Waals surface area contributed by atoms with E-state index in [0.717, 1.165) is 28.8 Å². The number of halogens is 3. The van der Waals surface area contributed by atoms with Crippen molar-refractivity contribution in [1.29, 1.82) is 0 Å². The third-order valence-corrected chi connectivity index (χ3v) is 7.56. The van der Waals surface area contributed by atoms with Gasteiger partial charge in [0.2, 0.25) is 12.2 Å². The third-order valence-electron chi connectivity index (χ3n) is 6.08. The first kappa shape index (κ1) is 29.4. The summed E-state index contributed by atoms with van der Waals surface area (Å²) in [5.41, 5.74) is 1.24. The summed E-state index contributed by atoms with van der Waals surface area (Å²) in [6, 6.07) is 9.15. The zero-order valence-corrected chi connectivity index (χ0v) is 23.2. The molecule has 0 radical (unpaired) electrons. The van der Waals surface area contributed by atoms with Gasteiger partial charge >= 0.3 is 0 Å². The molecule has 0 bridgehead atoms. The smallest absolute Gasteiger partial charge is 0.218 e. The number of benzene rings is 2. The lowest BCUT2D eigenvalue weighted by Gasteiger charge is -2.13. The van der Waals surface area contributed by atoms with Gasteiger partial charge in [-0.25, -0.2) is 13.5 Å². The highest BCUT2D eigenvalue weighted by atomic mass is 35.5. The van der Waals surface area contributed by atoms with Crippen LogP contribution >= 0.6 is 11.6 Å². The van der Waals surface area contributed by atoms with Gasteiger partial charge < -0.3 is 4.55 Å². The van der Waals surface area contributed by atoms with Crippen LogP contribution in [-0.4, -0.2) is 27.1 Å². The van der Waals surface area contributed by atoms with Gasteiger partial charge in [-0.05, 0) is 73.7 Å². The first-order valence-electron chi connectivity index (χ1n) is 12.1. The fraction of sp³-hybridized carbons (Fsp3) is 0.241. The third kappa shape index (κ3) is 6.26. The SMILES string of the molecule is C\C=C(/C=c1/c(C(=O)c2c(F)ccc(N[S+]([O-])CCC)c2F)cn(C=O)/c1=C(/C)CC)c1ccc(Cl)cc1. The molecule has 0 aliphatic heterocycles. The number of hydrogen-bond acceptors (Lipinski definition) is 4. The van der Waals surface area contributed by atoms with E-state index in [9.17, 15) is 18.5 Å². The molecule has 3 aromatic rings. The van der Waals surface area contributed by atoms with E-state index in [2.05, 4.69) is 4.72 Å². The second kappa shape index (κ2) is 13.0. The maximum atomic E-state index is 15.5. The molecule has 1 atom stereocenters. The number of nitrogens with zero attached hydrogens (tertiary/aromatic N) is 1. The van der Waals surface area contributed by atoms with Crippen LogP contribution < -0.4 is 15.3 Å². The molecule has 1 heterocycles. The van der Waals surface area contributed by atoms with E-state index in [1.54, 1.807) is 18.2 Å². The molecule has 0 amide bonds. The second-order valence-electron chi connectivity index (χ2n) is 8.61. The molecule has 5 nitrogen and oxygen atoms in total. The van der Waals surface area contributed by atoms with Crippen LogP contribution in [0.25, 0.3) is 17.2 Å². The Kier molecular flexibility index (Phi) is 10.1. The molecule has 200 valence electrons. The molecule has 0 spiro atoms. The quantitative estimate of drug-likeness (QED) is 0.199. The van der Waals surface area contributed by atoms with Crippen molar-refractivity contribution >= 4 is 58.1 Å². The fourth-order valence-corrected chi connectivity index (χ4v) is 5.03. The van der Waals surface area contributed by atoms with Crippen LogP contribution in [0.3, 0.4) is 0 Å². The van der Waals surface area contributed by atoms with E-state index in [4.69, 9.17) is 11.6 Å². The van der Waals surface area contributed by atoms with Gasteiger partial charge in [-0.15, -0.1) is 0 Å². The highest BCUT2D eigenvalue weighted by Gasteiger charge is 2.26. The molecule has 0 fully saturated rings. The number of carbonyl (C=O) groups excluding carboxylic acids is 2. The summed E-state index contributed by atoms with van der Waals surface area (Å²) in [5.74, 6) is -2.89. The highest BCUT2D eigenvalue weighted by Crippen LogP contribution is 2.25. The minimum atomic E-state index is -1.60. The lowest BCUT2D eigenvalue weighted by Crippen LogP contribution is -2.33. The predicted octanol–water partition coefficient (Wildman–Crippen LogP) is 5.64. The van der Waals surface area contributed by atoms with Crippen molar-refractivity contribution in [2.24, 2.45) is 0 Å². The minimum Gasteiger partial charge on any atom is -0.593 e. The summed E-state index contributed by atoms with van der Waals surface area (Å²) in [6.45, 7) is 7.37. The van der Waals surface area contributed by atoms with Crippen molar-refractivity contribution in [1.82, 2.24) is 4.57 Å². The highest BCUT2D eigenvalue weighted by molar-refractivity contribution is 7.92. The maximum Gasteiger partial charge on any atom is 0.218 e. The number of rotatable bonds is 10. The Morgan fingerprint density at radius 3 is 2.42 bits per heavy atom. The molecule has 0 saturated carbocycles. The first-order valence-corrected chi connectivity index (χ1v) is 13.8. The summed E-state index contributed by atoms with van der Waals surface area (Å²) in [4.78, 5) is 25.7. The van der Waals surface area contributed by atoms with E-state index in [-0.39, 0.29) is 17.0 Å². The van der Waals surface area contributed by atoms with E-state index < -0.39 is 34.3 Å². The Morgan fingerprint density at radius 2 is 1.84 bits per heavy atom. The average molecular weight is 559 g/mol. The molecule has 1 aromatic heterocycles. The number of hydrogen-bond donors (Lipinski definition) is 1. The van der Waals surface area contributed by atoms with E-state index in [1.807, 2.05) is 45.9 Å². The Bertz CT molecular complexity index is 1500. The second-order valence-corrected chi connectivity index (χ2v) is 10.4. The van der Waals surface area contributed by atoms with Crippen LogP contribution in [-0.2, 0) is 16.2 Å². The molecule has 2 aromatic carbocycles. The van der Waals surface area contributed by atoms with Gasteiger partial charge in [0.15, 0.2) is 5.82 Å². The standard InChI is InChI=1S/C29H29ClF2N2O3S/c1-5-14-38(37)33-25-13-12-24(31)26(27(25)32)29(36)23-16-34(17-35)28(18(4)6-2)22(23)15-19(7-3)20-8-10-21(30)11-9-20/h7-13,15-17,33H,5-6,14H2,1-4H3/b19-7+,22-15-,28-18-. The van der Waals surface area contributed by atoms with Gasteiger partial charge in [-0.2, -0.15) is 0 Å². The Labute approximate surface area is 228 Å². The number of ketones is 1. The molecule has 0 aliphatic rings. The average Bonchev–Trinajstić information content (AvgIpc) is 3.27. The van der Waals surface area contributed by atoms with Crippen molar-refractivity contribution < 1.29 is 22.9 Å². The Morgan fingerprint density at radius 1 is 1.16 bits per heavy atom. The van der Waals surface area contributed by atoms with Crippen molar-refractivity contribution in [2.45, 2.75) is 40.5 Å². The summed E-state index contributed by atoms with van der Waals surface area (Å²) in [7, 11) is 0. The van der Waals surface area contributed by atoms with Crippen LogP contribution in [0.2, 0.25) is 5.02 Å². The minimum absolute atomic E-state index is 0.0437. The zero-order valence-electron chi connectivity index (χ0n) is 21.6. The maximum absolute atomic E-state index is 15.5. The molecule has 3 rings (SSSR count). The number of anilines is 1. The van der Waals surface area contributed by atoms with Gasteiger partial charge in [-0.1, -0.05) is 43.7 Å². The number of aromatic nitrogens is 1. The first-order chi connectivity index (χ1) is 18.2. The molecule has 1 N–H and O–H groups in total. The number of nitrogens with one attached hydrogen (secondary N) is 1. The van der Waals surface area contributed by atoms with E-state index in [0.29, 0.717) is 34.8 Å². The van der Waals surface area contributed by atoms with E-state index in [1.165, 1.54) is 10.8 Å². The molecular formula is C29H29ClF2N2O3S. The van der Waals surface area contributed by atoms with Crippen molar-refractivity contribution in [2.75, 3.05) is 10.5 Å². The number of carbonyl (C=O) groups is 2. The van der Waals surface area contributed by atoms with E-state index >= 15 is 4.39 Å². The van der Waals surface area contributed by atoms with Gasteiger partial charge in [-0.3, -0.25) is 14.2 Å². The van der Waals surface area contributed by atoms with Crippen LogP contribution in [0.15, 0.2) is 48.7 Å². The summed E-state index contributed by atoms with van der Waals surface area (Å²) in [5, 5.41) is 1.39. The Hall–Kier alpha value is -3.20. The van der Waals surface area contributed by atoms with Crippen molar-refractivity contribution in [3.8, 4) is 0 Å². The van der Waals surface area contributed by atoms with Crippen LogP contribution in [0.5, 0.6) is 0 Å². The normalized spacial score (nSPS) is 13.9. The van der Waals surface area contributed by atoms with Crippen molar-refractivity contribution in [3.05, 3.63) is 92.6 Å². The topological polar surface area (TPSA) is 74.2 Å². The fourth-order valence-electron chi connectivity index (χ4n) is 4.03. The lowest BCUT2D eigenvalue weighted by molar-refractivity contribution is 0.103. The van der Waals surface area contributed by atoms with Crippen LogP contribution in [0.4, 0.5) is 14.5 Å². The molecule has 1 unspecified atom stereocenters. The van der Waals surface area contributed by atoms with Crippen molar-refractivity contribution in [3.63, 3.8) is 0 Å². The van der Waals surface area contributed by atoms with Crippen LogP contribution in [0, 0.1) is 11.6 Å². The lowest BCUT2D eigenvalue weighted by atomic mass is 9.99. The van der Waals surface area contributed by atoms with Gasteiger partial charge in [0.05, 0.1) is 22.3 Å². The van der Waals surface area contributed by atoms with Gasteiger partial charge in [0.25, 0.3) is 0 Å². The van der Waals surface area contributed by atoms with Gasteiger partial charge in [0, 0.05) is 22.0 Å². The molecule has 9 heteroatoms. The molecule has 0 saturated heterocycles. The Balaban J connectivity index is 2.31. The summed E-state index contributed by atoms with van der Waals surface area (Å²) < 4.78 is 46.3. The van der Waals surface area contributed by atoms with Crippen LogP contribution in [0.1, 0.15) is 62.0 Å². The number of allylic oxidation sites excluding steroid dienone is 2. The molecule has 38 heavy (non-hydrogen) atoms. The largest absolute Gasteiger partial charge is 0.593 e. The predicted molar refractivity (Wildman–Crippen MR) is 151 cm³/mol. The monoisotopic (exact) mass is 558 g/mol. The zero-order chi connectivity index (χ0) is 28.0. The summed E-state index contributed by atoms with van der Waals surface area (Å²) >= 11 is 4.44. The van der Waals surface area contributed by atoms with Gasteiger partial charge in [0.1, 0.15) is 17.3 Å². The summed E-state index contributed by atoms with van der Waals surface area (Å²) in [6.07, 6.45) is 6.56.